The number of halogens is 3. The summed E-state index contributed by atoms with van der Waals surface area (Å²) < 4.78 is 50.5. The van der Waals surface area contributed by atoms with Crippen molar-refractivity contribution in [1.82, 2.24) is 25.1 Å². The molecule has 1 unspecified atom stereocenters. The average molecular weight is 733 g/mol. The van der Waals surface area contributed by atoms with Crippen molar-refractivity contribution in [3.63, 3.8) is 0 Å². The number of nitrogens with zero attached hydrogens (tertiary/aromatic N) is 3. The van der Waals surface area contributed by atoms with Gasteiger partial charge in [-0.1, -0.05) is 60.7 Å². The third-order valence-corrected chi connectivity index (χ3v) is 8.29. The van der Waals surface area contributed by atoms with Gasteiger partial charge in [0.1, 0.15) is 30.5 Å². The second-order valence-corrected chi connectivity index (χ2v) is 12.1. The van der Waals surface area contributed by atoms with Crippen LogP contribution in [0.2, 0.25) is 0 Å². The van der Waals surface area contributed by atoms with Crippen molar-refractivity contribution in [2.75, 3.05) is 25.0 Å². The molecule has 0 bridgehead atoms. The zero-order chi connectivity index (χ0) is 38.0. The zero-order valence-corrected chi connectivity index (χ0v) is 28.2. The van der Waals surface area contributed by atoms with E-state index >= 15 is 8.78 Å². The summed E-state index contributed by atoms with van der Waals surface area (Å²) in [6.07, 6.45) is 1.01. The number of Topliss-reactive ketones (excluding diaryl/α,β-unsaturated/α-hetero) is 1. The van der Waals surface area contributed by atoms with Crippen LogP contribution in [0, 0.1) is 5.82 Å². The maximum atomic E-state index is 15.4. The van der Waals surface area contributed by atoms with Crippen molar-refractivity contribution in [3.05, 3.63) is 118 Å². The van der Waals surface area contributed by atoms with Gasteiger partial charge in [-0.15, -0.1) is 0 Å². The summed E-state index contributed by atoms with van der Waals surface area (Å²) in [6.45, 7) is -0.932. The van der Waals surface area contributed by atoms with Crippen LogP contribution in [0.1, 0.15) is 24.0 Å². The second-order valence-electron chi connectivity index (χ2n) is 12.1. The molecule has 0 spiro atoms. The molecule has 4 aromatic rings. The van der Waals surface area contributed by atoms with Crippen molar-refractivity contribution >= 4 is 35.3 Å². The smallest absolute Gasteiger partial charge is 0.412 e. The predicted octanol–water partition coefficient (Wildman–Crippen LogP) is 3.47. The van der Waals surface area contributed by atoms with E-state index in [0.29, 0.717) is 24.2 Å². The summed E-state index contributed by atoms with van der Waals surface area (Å²) in [5, 5.41) is 6.32. The van der Waals surface area contributed by atoms with Crippen LogP contribution in [0.3, 0.4) is 0 Å². The standard InChI is InChI=1S/C37H35F3N6O7/c38-27-15-13-26(14-16-27)33-41-20-29(44-36(52)53-23-25-11-5-2-6-12-25)34(50)46(33)22-30(47)43-28(19-24-9-3-1-4-10-24)32(49)37(39,40)35(51)42-21-31(48)45-17-7-8-18-45/h1-6,9-16,20,28H,7-8,17-19,21-23H2,(H,42,51)(H,43,47)(H,44,52). The summed E-state index contributed by atoms with van der Waals surface area (Å²) in [5.74, 6) is -11.1. The predicted molar refractivity (Wildman–Crippen MR) is 185 cm³/mol. The van der Waals surface area contributed by atoms with Gasteiger partial charge in [-0.25, -0.2) is 14.2 Å². The lowest BCUT2D eigenvalue weighted by Gasteiger charge is -2.24. The lowest BCUT2D eigenvalue weighted by molar-refractivity contribution is -0.161. The van der Waals surface area contributed by atoms with E-state index in [2.05, 4.69) is 15.6 Å². The number of hydrogen-bond acceptors (Lipinski definition) is 8. The highest BCUT2D eigenvalue weighted by Gasteiger charge is 2.50. The molecule has 13 nitrogen and oxygen atoms in total. The van der Waals surface area contributed by atoms with Gasteiger partial charge in [0, 0.05) is 25.1 Å². The number of anilines is 1. The SMILES string of the molecule is O=C(Cn1c(-c2ccc(F)cc2)ncc(NC(=O)OCc2ccccc2)c1=O)NC(Cc1ccccc1)C(=O)C(F)(F)C(=O)NCC(=O)N1CCCC1. The second kappa shape index (κ2) is 17.3. The number of aromatic nitrogens is 2. The number of alkyl halides is 2. The van der Waals surface area contributed by atoms with E-state index in [1.165, 1.54) is 29.2 Å². The fourth-order valence-corrected chi connectivity index (χ4v) is 5.54. The first-order chi connectivity index (χ1) is 25.4. The first-order valence-electron chi connectivity index (χ1n) is 16.6. The summed E-state index contributed by atoms with van der Waals surface area (Å²) in [6, 6.07) is 19.3. The molecule has 0 aliphatic carbocycles. The molecular weight excluding hydrogens is 697 g/mol. The lowest BCUT2D eigenvalue weighted by Crippen LogP contribution is -2.56. The molecule has 0 saturated carbocycles. The summed E-state index contributed by atoms with van der Waals surface area (Å²) in [7, 11) is 0. The van der Waals surface area contributed by atoms with Gasteiger partial charge in [-0.3, -0.25) is 33.9 Å². The lowest BCUT2D eigenvalue weighted by atomic mass is 9.98. The van der Waals surface area contributed by atoms with Gasteiger partial charge >= 0.3 is 12.0 Å². The van der Waals surface area contributed by atoms with Gasteiger partial charge < -0.3 is 20.3 Å². The summed E-state index contributed by atoms with van der Waals surface area (Å²) in [5.41, 5.74) is -0.176. The highest BCUT2D eigenvalue weighted by Crippen LogP contribution is 2.21. The normalized spacial score (nSPS) is 13.2. The molecule has 3 aromatic carbocycles. The van der Waals surface area contributed by atoms with Crippen molar-refractivity contribution < 1.29 is 41.9 Å². The third-order valence-electron chi connectivity index (χ3n) is 8.29. The first-order valence-corrected chi connectivity index (χ1v) is 16.6. The highest BCUT2D eigenvalue weighted by molar-refractivity contribution is 6.11. The van der Waals surface area contributed by atoms with E-state index in [1.54, 1.807) is 48.5 Å². The molecule has 1 aliphatic heterocycles. The summed E-state index contributed by atoms with van der Waals surface area (Å²) >= 11 is 0. The zero-order valence-electron chi connectivity index (χ0n) is 28.2. The van der Waals surface area contributed by atoms with Gasteiger partial charge in [0.05, 0.1) is 18.8 Å². The highest BCUT2D eigenvalue weighted by atomic mass is 19.3. The molecule has 1 aliphatic rings. The Balaban J connectivity index is 1.37. The minimum absolute atomic E-state index is 0.126. The van der Waals surface area contributed by atoms with Crippen LogP contribution in [0.25, 0.3) is 11.4 Å². The molecule has 5 rings (SSSR count). The molecule has 1 fully saturated rings. The minimum atomic E-state index is -4.67. The number of benzene rings is 3. The van der Waals surface area contributed by atoms with Crippen LogP contribution in [0.4, 0.5) is 23.7 Å². The Labute approximate surface area is 301 Å². The van der Waals surface area contributed by atoms with Gasteiger partial charge in [0.15, 0.2) is 0 Å². The van der Waals surface area contributed by atoms with Crippen molar-refractivity contribution in [2.45, 2.75) is 44.4 Å². The van der Waals surface area contributed by atoms with Crippen LogP contribution >= 0.6 is 0 Å². The molecule has 3 N–H and O–H groups in total. The molecule has 1 saturated heterocycles. The largest absolute Gasteiger partial charge is 0.444 e. The Hall–Kier alpha value is -6.32. The van der Waals surface area contributed by atoms with E-state index in [1.807, 2.05) is 5.32 Å². The Morgan fingerprint density at radius 1 is 0.868 bits per heavy atom. The summed E-state index contributed by atoms with van der Waals surface area (Å²) in [4.78, 5) is 83.6. The van der Waals surface area contributed by atoms with Crippen molar-refractivity contribution in [1.29, 1.82) is 0 Å². The Morgan fingerprint density at radius 3 is 2.13 bits per heavy atom. The molecule has 2 heterocycles. The van der Waals surface area contributed by atoms with Crippen LogP contribution in [0.15, 0.2) is 95.9 Å². The van der Waals surface area contributed by atoms with Crippen LogP contribution in [-0.2, 0) is 43.5 Å². The Bertz CT molecular complexity index is 2010. The topological polar surface area (TPSA) is 169 Å². The number of carbonyl (C=O) groups excluding carboxylic acids is 5. The van der Waals surface area contributed by atoms with E-state index in [0.717, 1.165) is 35.7 Å². The first kappa shape index (κ1) is 37.9. The molecule has 4 amide bonds. The fraction of sp³-hybridized carbons (Fsp3) is 0.270. The number of carbonyl (C=O) groups is 5. The molecule has 53 heavy (non-hydrogen) atoms. The maximum Gasteiger partial charge on any atom is 0.412 e. The number of ether oxygens (including phenoxy) is 1. The number of rotatable bonds is 14. The molecular formula is C37H35F3N6O7. The molecule has 276 valence electrons. The van der Waals surface area contributed by atoms with E-state index in [4.69, 9.17) is 4.74 Å². The van der Waals surface area contributed by atoms with E-state index in [9.17, 15) is 33.2 Å². The maximum absolute atomic E-state index is 15.4. The number of ketones is 1. The van der Waals surface area contributed by atoms with Crippen molar-refractivity contribution in [3.8, 4) is 11.4 Å². The van der Waals surface area contributed by atoms with E-state index < -0.39 is 78.1 Å². The van der Waals surface area contributed by atoms with Crippen LogP contribution in [0.5, 0.6) is 0 Å². The average Bonchev–Trinajstić information content (AvgIpc) is 3.71. The van der Waals surface area contributed by atoms with Crippen molar-refractivity contribution in [2.24, 2.45) is 0 Å². The third kappa shape index (κ3) is 9.93. The number of hydrogen-bond donors (Lipinski definition) is 3. The van der Waals surface area contributed by atoms with E-state index in [-0.39, 0.29) is 18.0 Å². The quantitative estimate of drug-likeness (QED) is 0.166. The van der Waals surface area contributed by atoms with Gasteiger partial charge in [0.25, 0.3) is 11.5 Å². The minimum Gasteiger partial charge on any atom is -0.444 e. The van der Waals surface area contributed by atoms with Gasteiger partial charge in [-0.05, 0) is 48.2 Å². The van der Waals surface area contributed by atoms with Crippen LogP contribution in [-0.4, -0.2) is 75.6 Å². The Kier molecular flexibility index (Phi) is 12.4. The molecule has 1 aromatic heterocycles. The Morgan fingerprint density at radius 2 is 1.49 bits per heavy atom. The molecule has 0 radical (unpaired) electrons. The molecule has 1 atom stereocenters. The monoisotopic (exact) mass is 732 g/mol. The number of nitrogens with one attached hydrogen (secondary N) is 3. The van der Waals surface area contributed by atoms with Gasteiger partial charge in [0.2, 0.25) is 17.6 Å². The fourth-order valence-electron chi connectivity index (χ4n) is 5.54. The van der Waals surface area contributed by atoms with Crippen LogP contribution < -0.4 is 21.5 Å². The van der Waals surface area contributed by atoms with Gasteiger partial charge in [-0.2, -0.15) is 8.78 Å². The molecule has 16 heteroatoms. The number of likely N-dealkylation sites (tertiary alicyclic amines) is 1. The number of amides is 4.